The molecule has 3 amide bonds. The number of aromatic nitrogens is 2. The number of primary amides is 1. The van der Waals surface area contributed by atoms with Crippen molar-refractivity contribution >= 4 is 34.6 Å². The molecule has 3 fully saturated rings. The van der Waals surface area contributed by atoms with Gasteiger partial charge in [0.1, 0.15) is 11.9 Å². The summed E-state index contributed by atoms with van der Waals surface area (Å²) in [6.07, 6.45) is 8.58. The van der Waals surface area contributed by atoms with Gasteiger partial charge in [0.05, 0.1) is 30.9 Å². The van der Waals surface area contributed by atoms with Gasteiger partial charge in [0.2, 0.25) is 11.8 Å². The van der Waals surface area contributed by atoms with Gasteiger partial charge in [0.25, 0.3) is 0 Å². The van der Waals surface area contributed by atoms with Gasteiger partial charge < -0.3 is 41.0 Å². The van der Waals surface area contributed by atoms with Crippen LogP contribution in [0, 0.1) is 43.0 Å². The summed E-state index contributed by atoms with van der Waals surface area (Å²) in [7, 11) is 4.09. The summed E-state index contributed by atoms with van der Waals surface area (Å²) in [5.74, 6) is 7.73. The van der Waals surface area contributed by atoms with E-state index in [1.54, 1.807) is 7.11 Å². The summed E-state index contributed by atoms with van der Waals surface area (Å²) in [6.45, 7) is 2.01. The first-order valence-corrected chi connectivity index (χ1v) is 18.6. The van der Waals surface area contributed by atoms with E-state index in [-0.39, 0.29) is 49.8 Å². The van der Waals surface area contributed by atoms with Crippen LogP contribution in [0.4, 0.5) is 4.79 Å². The smallest absolute Gasteiger partial charge is 0.680 e. The van der Waals surface area contributed by atoms with E-state index in [0.717, 1.165) is 77.0 Å². The van der Waals surface area contributed by atoms with Crippen molar-refractivity contribution in [2.24, 2.45) is 5.73 Å². The van der Waals surface area contributed by atoms with Gasteiger partial charge in [-0.3, -0.25) is 14.9 Å². The molecule has 3 aromatic carbocycles. The Morgan fingerprint density at radius 1 is 0.982 bits per heavy atom. The third-order valence-electron chi connectivity index (χ3n) is 9.78. The molecule has 1 aromatic heterocycles. The van der Waals surface area contributed by atoms with Crippen LogP contribution in [0.3, 0.4) is 0 Å². The van der Waals surface area contributed by atoms with Crippen LogP contribution in [0.5, 0.6) is 0 Å². The number of imidazole rings is 1. The number of methoxy groups -OCH3 is 2. The van der Waals surface area contributed by atoms with Gasteiger partial charge in [-0.1, -0.05) is 54.3 Å². The zero-order valence-electron chi connectivity index (χ0n) is 32.2. The third-order valence-corrected chi connectivity index (χ3v) is 9.78. The number of amides is 3. The number of H-pyrrole nitrogens is 1. The van der Waals surface area contributed by atoms with Crippen molar-refractivity contribution in [3.63, 3.8) is 0 Å². The second-order valence-electron chi connectivity index (χ2n) is 13.3. The van der Waals surface area contributed by atoms with Crippen molar-refractivity contribution < 1.29 is 55.0 Å². The summed E-state index contributed by atoms with van der Waals surface area (Å²) in [4.78, 5) is 46.6. The summed E-state index contributed by atoms with van der Waals surface area (Å²) >= 11 is 0. The van der Waals surface area contributed by atoms with Gasteiger partial charge in [0.15, 0.2) is 0 Å². The molecule has 3 unspecified atom stereocenters. The van der Waals surface area contributed by atoms with E-state index in [0.29, 0.717) is 18.5 Å². The fourth-order valence-electron chi connectivity index (χ4n) is 7.05. The molecule has 14 heteroatoms. The average molecular weight is 985 g/mol. The number of aromatic amines is 1. The molecule has 56 heavy (non-hydrogen) atoms. The number of hydrogen-bond donors (Lipinski definition) is 3. The molecule has 4 aliphatic heterocycles. The molecular formula is C42H50N8O5U. The molecule has 4 aromatic rings. The Bertz CT molecular complexity index is 1990. The molecule has 4 aliphatic rings. The van der Waals surface area contributed by atoms with E-state index in [9.17, 15) is 14.4 Å². The minimum Gasteiger partial charge on any atom is -0.680 e. The Morgan fingerprint density at radius 2 is 1.64 bits per heavy atom. The molecule has 0 spiro atoms. The number of piperidine rings is 1. The Morgan fingerprint density at radius 3 is 2.30 bits per heavy atom. The fraction of sp³-hybridized carbons (Fsp3) is 0.381. The van der Waals surface area contributed by atoms with Crippen LogP contribution < -0.4 is 11.1 Å². The summed E-state index contributed by atoms with van der Waals surface area (Å²) < 4.78 is 9.11. The number of rotatable bonds is 7. The zero-order valence-corrected chi connectivity index (χ0v) is 36.4. The van der Waals surface area contributed by atoms with Crippen LogP contribution in [-0.2, 0) is 19.1 Å². The molecule has 0 aliphatic carbocycles. The second-order valence-corrected chi connectivity index (χ2v) is 13.3. The van der Waals surface area contributed by atoms with Gasteiger partial charge in [-0.2, -0.15) is 18.9 Å². The zero-order chi connectivity index (χ0) is 39.2. The van der Waals surface area contributed by atoms with E-state index in [1.165, 1.54) is 33.4 Å². The van der Waals surface area contributed by atoms with Gasteiger partial charge in [-0.05, 0) is 80.0 Å². The van der Waals surface area contributed by atoms with E-state index in [1.807, 2.05) is 83.9 Å². The van der Waals surface area contributed by atoms with Crippen molar-refractivity contribution in [3.05, 3.63) is 118 Å². The van der Waals surface area contributed by atoms with Crippen LogP contribution in [0.15, 0.2) is 79.0 Å². The molecular weight excluding hydrogens is 935 g/mol. The molecule has 5 N–H and O–H groups in total. The Hall–Kier alpha value is -4.63. The van der Waals surface area contributed by atoms with Crippen molar-refractivity contribution in [1.82, 2.24) is 25.1 Å². The molecule has 5 heterocycles. The van der Waals surface area contributed by atoms with E-state index in [2.05, 4.69) is 42.8 Å². The quantitative estimate of drug-likeness (QED) is 0.135. The second kappa shape index (κ2) is 22.2. The monoisotopic (exact) mass is 984 g/mol. The number of nitrogens with zero attached hydrogens (tertiary/aromatic N) is 4. The molecule has 0 saturated carbocycles. The van der Waals surface area contributed by atoms with Crippen LogP contribution in [0.2, 0.25) is 0 Å². The maximum atomic E-state index is 13.7. The van der Waals surface area contributed by atoms with Crippen molar-refractivity contribution in [2.75, 3.05) is 41.1 Å². The number of fused-ring (bicyclic) bond motifs is 2. The van der Waals surface area contributed by atoms with Crippen LogP contribution in [0.1, 0.15) is 85.1 Å². The predicted octanol–water partition coefficient (Wildman–Crippen LogP) is 6.79. The Kier molecular flexibility index (Phi) is 17.5. The molecule has 292 valence electrons. The predicted molar refractivity (Wildman–Crippen MR) is 213 cm³/mol. The molecule has 3 atom stereocenters. The first kappa shape index (κ1) is 44.1. The topological polar surface area (TPSA) is 181 Å². The third kappa shape index (κ3) is 11.9. The molecule has 13 nitrogen and oxygen atoms in total. The SMILES string of the molecule is COC(N)=O.COCNC(C(=O)N1CCCC1c1nc2ccc(C#Cc3ccc(C4=C[N-]4)cc3)cc2[nH]1)c1ccccc1.C[NH-].O=C1CCCC2CCCN12.[U+2]. The van der Waals surface area contributed by atoms with Crippen molar-refractivity contribution in [1.29, 1.82) is 0 Å². The minimum absolute atomic E-state index is 0. The average Bonchev–Trinajstić information content (AvgIpc) is 3.55. The van der Waals surface area contributed by atoms with Crippen molar-refractivity contribution in [2.45, 2.75) is 63.1 Å². The molecule has 8 rings (SSSR count). The largest absolute Gasteiger partial charge is 2.00 e. The van der Waals surface area contributed by atoms with Crippen LogP contribution >= 0.6 is 0 Å². The summed E-state index contributed by atoms with van der Waals surface area (Å²) in [5.41, 5.74) is 16.9. The molecule has 3 saturated heterocycles. The van der Waals surface area contributed by atoms with E-state index in [4.69, 9.17) is 15.5 Å². The number of nitrogens with one attached hydrogen (secondary N) is 3. The van der Waals surface area contributed by atoms with Gasteiger partial charge in [0, 0.05) is 43.8 Å². The van der Waals surface area contributed by atoms with Gasteiger partial charge in [-0.25, -0.2) is 9.78 Å². The van der Waals surface area contributed by atoms with E-state index >= 15 is 0 Å². The summed E-state index contributed by atoms with van der Waals surface area (Å²) in [6, 6.07) is 23.9. The fourth-order valence-corrected chi connectivity index (χ4v) is 7.05. The normalized spacial score (nSPS) is 18.0. The van der Waals surface area contributed by atoms with Gasteiger partial charge in [-0.15, -0.1) is 0 Å². The number of carbonyl (C=O) groups is 3. The van der Waals surface area contributed by atoms with Crippen LogP contribution in [-0.4, -0.2) is 84.8 Å². The first-order chi connectivity index (χ1) is 26.8. The number of nitrogens with two attached hydrogens (primary N) is 1. The maximum Gasteiger partial charge on any atom is 2.00 e. The number of benzene rings is 3. The number of likely N-dealkylation sites (tertiary alicyclic amines) is 1. The number of carbonyl (C=O) groups excluding carboxylic acids is 3. The number of hydrogen-bond acceptors (Lipinski definition) is 7. The Labute approximate surface area is 352 Å². The standard InChI is InChI=1S/C31H28N5O2.C8H13NO.C2H5NO2.CH4N.U/c1-38-20-33-29(24-6-3-2-4-7-24)31(37)36-17-5-8-28(36)30-34-25-16-13-22(18-26(25)35-30)10-9-21-11-14-23(15-12-21)27-19-32-27;10-8-5-1-3-7-4-2-6-9(7)8;1-5-2(3)4;1-2;/h2-4,6-7,11-16,18-19,28-29,33H,5,8,17,20H2,1H3,(H,34,35);7H,1-6H2;1H3,(H2,3,4);2H,1H3;/q-1;;;-1;+2. The summed E-state index contributed by atoms with van der Waals surface area (Å²) in [5, 5.41) is 7.36. The van der Waals surface area contributed by atoms with Crippen LogP contribution in [0.25, 0.3) is 27.8 Å². The van der Waals surface area contributed by atoms with Crippen molar-refractivity contribution in [3.8, 4) is 11.8 Å². The number of ether oxygens (including phenoxy) is 2. The van der Waals surface area contributed by atoms with E-state index < -0.39 is 12.1 Å². The minimum atomic E-state index is -0.745. The van der Waals surface area contributed by atoms with Gasteiger partial charge >= 0.3 is 37.2 Å². The molecule has 0 bridgehead atoms. The Balaban J connectivity index is 0.000000322. The molecule has 0 radical (unpaired) electrons. The maximum absolute atomic E-state index is 13.7. The first-order valence-electron chi connectivity index (χ1n) is 18.6.